The molecule has 7 heteroatoms. The zero-order valence-electron chi connectivity index (χ0n) is 15.1. The van der Waals surface area contributed by atoms with Gasteiger partial charge in [-0.1, -0.05) is 35.9 Å². The highest BCUT2D eigenvalue weighted by atomic mass is 35.5. The molecule has 148 valence electrons. The fourth-order valence-electron chi connectivity index (χ4n) is 2.66. The third kappa shape index (κ3) is 5.93. The van der Waals surface area contributed by atoms with E-state index in [9.17, 15) is 18.0 Å². The second-order valence-corrected chi connectivity index (χ2v) is 6.70. The van der Waals surface area contributed by atoms with Gasteiger partial charge in [0.1, 0.15) is 0 Å². The molecule has 0 bridgehead atoms. The number of hydrogen-bond donors (Lipinski definition) is 1. The molecule has 0 saturated heterocycles. The minimum atomic E-state index is -4.59. The number of amides is 1. The average molecular weight is 417 g/mol. The number of rotatable bonds is 5. The molecule has 0 atom stereocenters. The van der Waals surface area contributed by atoms with Gasteiger partial charge in [0, 0.05) is 24.2 Å². The van der Waals surface area contributed by atoms with E-state index < -0.39 is 22.7 Å². The third-order valence-corrected chi connectivity index (χ3v) is 4.43. The Morgan fingerprint density at radius 3 is 2.31 bits per heavy atom. The SMILES string of the molecule is O=C(C=Cc1ccc(Cc2ccncc2)cc1)Nc1ccc(Cl)c(C(F)(F)F)c1. The minimum Gasteiger partial charge on any atom is -0.322 e. The van der Waals surface area contributed by atoms with Crippen LogP contribution < -0.4 is 5.32 Å². The largest absolute Gasteiger partial charge is 0.417 e. The number of halogens is 4. The van der Waals surface area contributed by atoms with Gasteiger partial charge in [-0.05, 0) is 59.5 Å². The van der Waals surface area contributed by atoms with Crippen LogP contribution in [0.3, 0.4) is 0 Å². The first kappa shape index (κ1) is 20.6. The summed E-state index contributed by atoms with van der Waals surface area (Å²) in [5, 5.41) is 1.99. The van der Waals surface area contributed by atoms with Crippen LogP contribution in [0.15, 0.2) is 73.1 Å². The first-order valence-electron chi connectivity index (χ1n) is 8.65. The van der Waals surface area contributed by atoms with E-state index >= 15 is 0 Å². The van der Waals surface area contributed by atoms with Crippen LogP contribution in [0.4, 0.5) is 18.9 Å². The summed E-state index contributed by atoms with van der Waals surface area (Å²) in [7, 11) is 0. The van der Waals surface area contributed by atoms with Crippen LogP contribution in [0.1, 0.15) is 22.3 Å². The Balaban J connectivity index is 1.62. The van der Waals surface area contributed by atoms with E-state index in [4.69, 9.17) is 11.6 Å². The van der Waals surface area contributed by atoms with Gasteiger partial charge in [0.05, 0.1) is 10.6 Å². The highest BCUT2D eigenvalue weighted by Crippen LogP contribution is 2.36. The fraction of sp³-hybridized carbons (Fsp3) is 0.0909. The number of pyridine rings is 1. The number of alkyl halides is 3. The van der Waals surface area contributed by atoms with Gasteiger partial charge in [0.15, 0.2) is 0 Å². The van der Waals surface area contributed by atoms with Gasteiger partial charge in [0.25, 0.3) is 0 Å². The van der Waals surface area contributed by atoms with E-state index in [0.717, 1.165) is 35.2 Å². The summed E-state index contributed by atoms with van der Waals surface area (Å²) in [6.45, 7) is 0. The number of hydrogen-bond acceptors (Lipinski definition) is 2. The molecule has 0 fully saturated rings. The Labute approximate surface area is 170 Å². The lowest BCUT2D eigenvalue weighted by Crippen LogP contribution is -2.11. The molecule has 29 heavy (non-hydrogen) atoms. The van der Waals surface area contributed by atoms with Crippen molar-refractivity contribution in [1.29, 1.82) is 0 Å². The smallest absolute Gasteiger partial charge is 0.322 e. The van der Waals surface area contributed by atoms with Crippen LogP contribution in [-0.4, -0.2) is 10.9 Å². The molecule has 0 aliphatic rings. The molecule has 1 heterocycles. The fourth-order valence-corrected chi connectivity index (χ4v) is 2.88. The van der Waals surface area contributed by atoms with Crippen LogP contribution in [0.2, 0.25) is 5.02 Å². The molecule has 0 aliphatic carbocycles. The molecular weight excluding hydrogens is 401 g/mol. The van der Waals surface area contributed by atoms with Gasteiger partial charge in [-0.2, -0.15) is 13.2 Å². The molecule has 1 amide bonds. The van der Waals surface area contributed by atoms with Crippen LogP contribution in [0.5, 0.6) is 0 Å². The van der Waals surface area contributed by atoms with Crippen LogP contribution in [0.25, 0.3) is 6.08 Å². The first-order chi connectivity index (χ1) is 13.8. The molecule has 3 nitrogen and oxygen atoms in total. The second-order valence-electron chi connectivity index (χ2n) is 6.29. The van der Waals surface area contributed by atoms with Crippen molar-refractivity contribution >= 4 is 29.3 Å². The van der Waals surface area contributed by atoms with E-state index in [1.807, 2.05) is 36.4 Å². The quantitative estimate of drug-likeness (QED) is 0.518. The van der Waals surface area contributed by atoms with Crippen molar-refractivity contribution in [3.63, 3.8) is 0 Å². The maximum absolute atomic E-state index is 12.9. The highest BCUT2D eigenvalue weighted by Gasteiger charge is 2.33. The summed E-state index contributed by atoms with van der Waals surface area (Å²) < 4.78 is 38.7. The number of carbonyl (C=O) groups is 1. The standard InChI is InChI=1S/C22H16ClF3N2O/c23-20-7-6-18(14-19(20)22(24,25)26)28-21(29)8-5-15-1-3-16(4-2-15)13-17-9-11-27-12-10-17/h1-12,14H,13H2,(H,28,29). The molecule has 0 radical (unpaired) electrons. The zero-order chi connectivity index (χ0) is 20.9. The molecule has 1 N–H and O–H groups in total. The van der Waals surface area contributed by atoms with Crippen molar-refractivity contribution in [2.24, 2.45) is 0 Å². The monoisotopic (exact) mass is 416 g/mol. The van der Waals surface area contributed by atoms with Gasteiger partial charge in [-0.25, -0.2) is 0 Å². The summed E-state index contributed by atoms with van der Waals surface area (Å²) in [4.78, 5) is 16.0. The van der Waals surface area contributed by atoms with Crippen molar-refractivity contribution in [2.45, 2.75) is 12.6 Å². The van der Waals surface area contributed by atoms with Crippen molar-refractivity contribution in [3.05, 3.63) is 100 Å². The molecule has 0 unspecified atom stereocenters. The lowest BCUT2D eigenvalue weighted by atomic mass is 10.0. The Bertz CT molecular complexity index is 1020. The van der Waals surface area contributed by atoms with Crippen molar-refractivity contribution in [2.75, 3.05) is 5.32 Å². The van der Waals surface area contributed by atoms with Crippen molar-refractivity contribution in [1.82, 2.24) is 4.98 Å². The van der Waals surface area contributed by atoms with Crippen molar-refractivity contribution in [3.8, 4) is 0 Å². The molecular formula is C22H16ClF3N2O. The zero-order valence-corrected chi connectivity index (χ0v) is 15.8. The number of carbonyl (C=O) groups excluding carboxylic acids is 1. The highest BCUT2D eigenvalue weighted by molar-refractivity contribution is 6.31. The lowest BCUT2D eigenvalue weighted by Gasteiger charge is -2.11. The molecule has 0 saturated carbocycles. The van der Waals surface area contributed by atoms with E-state index in [1.165, 1.54) is 12.1 Å². The molecule has 2 aromatic carbocycles. The number of nitrogens with zero attached hydrogens (tertiary/aromatic N) is 1. The molecule has 1 aromatic heterocycles. The van der Waals surface area contributed by atoms with Crippen LogP contribution in [0, 0.1) is 0 Å². The maximum atomic E-state index is 12.9. The molecule has 3 aromatic rings. The Kier molecular flexibility index (Phi) is 6.34. The normalized spacial score (nSPS) is 11.6. The van der Waals surface area contributed by atoms with Gasteiger partial charge < -0.3 is 5.32 Å². The number of nitrogens with one attached hydrogen (secondary N) is 1. The Morgan fingerprint density at radius 2 is 1.66 bits per heavy atom. The topological polar surface area (TPSA) is 42.0 Å². The van der Waals surface area contributed by atoms with Crippen LogP contribution >= 0.6 is 11.6 Å². The minimum absolute atomic E-state index is 0.0177. The predicted octanol–water partition coefficient (Wildman–Crippen LogP) is 6.00. The van der Waals surface area contributed by atoms with Crippen LogP contribution in [-0.2, 0) is 17.4 Å². The third-order valence-electron chi connectivity index (χ3n) is 4.10. The van der Waals surface area contributed by atoms with Gasteiger partial charge in [0.2, 0.25) is 5.91 Å². The van der Waals surface area contributed by atoms with E-state index in [0.29, 0.717) is 0 Å². The van der Waals surface area contributed by atoms with Crippen molar-refractivity contribution < 1.29 is 18.0 Å². The molecule has 3 rings (SSSR count). The van der Waals surface area contributed by atoms with Gasteiger partial charge >= 0.3 is 6.18 Å². The Hall–Kier alpha value is -3.12. The number of anilines is 1. The molecule has 0 aliphatic heterocycles. The average Bonchev–Trinajstić information content (AvgIpc) is 2.69. The van der Waals surface area contributed by atoms with E-state index in [1.54, 1.807) is 18.5 Å². The molecule has 0 spiro atoms. The second kappa shape index (κ2) is 8.92. The Morgan fingerprint density at radius 1 is 1.00 bits per heavy atom. The first-order valence-corrected chi connectivity index (χ1v) is 9.03. The summed E-state index contributed by atoms with van der Waals surface area (Å²) in [5.74, 6) is -0.540. The number of aromatic nitrogens is 1. The van der Waals surface area contributed by atoms with Gasteiger partial charge in [-0.3, -0.25) is 9.78 Å². The van der Waals surface area contributed by atoms with E-state index in [-0.39, 0.29) is 5.69 Å². The van der Waals surface area contributed by atoms with E-state index in [2.05, 4.69) is 10.3 Å². The summed E-state index contributed by atoms with van der Waals surface area (Å²) in [6, 6.07) is 14.7. The van der Waals surface area contributed by atoms with Gasteiger partial charge in [-0.15, -0.1) is 0 Å². The number of benzene rings is 2. The summed E-state index contributed by atoms with van der Waals surface area (Å²) in [5.41, 5.74) is 2.07. The summed E-state index contributed by atoms with van der Waals surface area (Å²) in [6.07, 6.45) is 2.51. The predicted molar refractivity (Wildman–Crippen MR) is 108 cm³/mol. The lowest BCUT2D eigenvalue weighted by molar-refractivity contribution is -0.137. The maximum Gasteiger partial charge on any atom is 0.417 e. The summed E-state index contributed by atoms with van der Waals surface area (Å²) >= 11 is 5.57.